The van der Waals surface area contributed by atoms with Crippen LogP contribution in [0.5, 0.6) is 0 Å². The van der Waals surface area contributed by atoms with Gasteiger partial charge < -0.3 is 19.4 Å². The monoisotopic (exact) mass is 370 g/mol. The number of anilines is 1. The van der Waals surface area contributed by atoms with Crippen LogP contribution >= 0.6 is 0 Å². The van der Waals surface area contributed by atoms with Crippen molar-refractivity contribution in [2.24, 2.45) is 5.92 Å². The number of carbonyl (C=O) groups is 3. The second-order valence-corrected chi connectivity index (χ2v) is 6.50. The Hall–Kier alpha value is -3.09. The zero-order valence-electron chi connectivity index (χ0n) is 15.4. The second kappa shape index (κ2) is 8.07. The van der Waals surface area contributed by atoms with Crippen LogP contribution in [0.4, 0.5) is 5.69 Å². The van der Waals surface area contributed by atoms with Crippen LogP contribution in [-0.4, -0.2) is 42.9 Å². The maximum absolute atomic E-state index is 12.6. The fourth-order valence-corrected chi connectivity index (χ4v) is 3.24. The summed E-state index contributed by atoms with van der Waals surface area (Å²) in [6.07, 6.45) is 2.63. The number of amides is 2. The number of likely N-dealkylation sites (tertiary alicyclic amines) is 1. The van der Waals surface area contributed by atoms with Gasteiger partial charge >= 0.3 is 5.97 Å². The molecule has 1 saturated heterocycles. The summed E-state index contributed by atoms with van der Waals surface area (Å²) in [5.41, 5.74) is 1.69. The minimum absolute atomic E-state index is 0.106. The quantitative estimate of drug-likeness (QED) is 0.836. The molecule has 0 spiro atoms. The summed E-state index contributed by atoms with van der Waals surface area (Å²) >= 11 is 0. The van der Waals surface area contributed by atoms with Crippen LogP contribution in [0.1, 0.15) is 39.3 Å². The van der Waals surface area contributed by atoms with Crippen LogP contribution in [0.2, 0.25) is 0 Å². The summed E-state index contributed by atoms with van der Waals surface area (Å²) in [6.45, 7) is 2.77. The Balaban J connectivity index is 1.60. The molecule has 7 heteroatoms. The molecule has 2 aromatic rings. The van der Waals surface area contributed by atoms with E-state index in [1.54, 1.807) is 42.2 Å². The summed E-state index contributed by atoms with van der Waals surface area (Å²) in [4.78, 5) is 38.4. The first-order valence-corrected chi connectivity index (χ1v) is 8.83. The van der Waals surface area contributed by atoms with E-state index >= 15 is 0 Å². The van der Waals surface area contributed by atoms with Gasteiger partial charge in [0.25, 0.3) is 5.91 Å². The molecule has 1 aliphatic heterocycles. The van der Waals surface area contributed by atoms with E-state index in [-0.39, 0.29) is 17.7 Å². The van der Waals surface area contributed by atoms with Gasteiger partial charge in [-0.15, -0.1) is 0 Å². The molecule has 0 radical (unpaired) electrons. The number of methoxy groups -OCH3 is 1. The highest BCUT2D eigenvalue weighted by molar-refractivity contribution is 5.97. The van der Waals surface area contributed by atoms with Crippen molar-refractivity contribution in [2.75, 3.05) is 25.5 Å². The molecule has 27 heavy (non-hydrogen) atoms. The minimum atomic E-state index is -0.437. The Morgan fingerprint density at radius 1 is 1.15 bits per heavy atom. The predicted molar refractivity (Wildman–Crippen MR) is 98.5 cm³/mol. The Labute approximate surface area is 157 Å². The van der Waals surface area contributed by atoms with E-state index in [2.05, 4.69) is 5.32 Å². The summed E-state index contributed by atoms with van der Waals surface area (Å²) < 4.78 is 9.91. The molecule has 1 fully saturated rings. The lowest BCUT2D eigenvalue weighted by Crippen LogP contribution is -2.41. The molecule has 1 aromatic heterocycles. The van der Waals surface area contributed by atoms with Gasteiger partial charge in [0.1, 0.15) is 0 Å². The third kappa shape index (κ3) is 4.02. The molecule has 0 aliphatic carbocycles. The lowest BCUT2D eigenvalue weighted by molar-refractivity contribution is -0.121. The largest absolute Gasteiger partial charge is 0.465 e. The van der Waals surface area contributed by atoms with Gasteiger partial charge in [0.05, 0.1) is 18.9 Å². The van der Waals surface area contributed by atoms with Crippen LogP contribution in [0, 0.1) is 12.8 Å². The highest BCUT2D eigenvalue weighted by atomic mass is 16.5. The van der Waals surface area contributed by atoms with Gasteiger partial charge in [-0.05, 0) is 49.6 Å². The number of ether oxygens (including phenoxy) is 1. The number of nitrogens with zero attached hydrogens (tertiary/aromatic N) is 1. The fourth-order valence-electron chi connectivity index (χ4n) is 3.24. The van der Waals surface area contributed by atoms with Crippen LogP contribution < -0.4 is 5.32 Å². The van der Waals surface area contributed by atoms with Crippen LogP contribution in [0.25, 0.3) is 0 Å². The summed E-state index contributed by atoms with van der Waals surface area (Å²) in [6, 6.07) is 8.45. The number of piperidine rings is 1. The minimum Gasteiger partial charge on any atom is -0.465 e. The first-order valence-electron chi connectivity index (χ1n) is 8.83. The molecular formula is C20H22N2O5. The third-order valence-corrected chi connectivity index (χ3v) is 4.88. The maximum atomic E-state index is 12.6. The van der Waals surface area contributed by atoms with Crippen molar-refractivity contribution in [3.8, 4) is 0 Å². The number of hydrogen-bond acceptors (Lipinski definition) is 5. The normalized spacial score (nSPS) is 14.7. The Bertz CT molecular complexity index is 836. The Kier molecular flexibility index (Phi) is 5.59. The van der Waals surface area contributed by atoms with Gasteiger partial charge in [-0.25, -0.2) is 4.79 Å². The molecule has 2 heterocycles. The van der Waals surface area contributed by atoms with Crippen molar-refractivity contribution in [3.63, 3.8) is 0 Å². The summed E-state index contributed by atoms with van der Waals surface area (Å²) in [5.74, 6) is -0.570. The highest BCUT2D eigenvalue weighted by Gasteiger charge is 2.29. The first kappa shape index (κ1) is 18.7. The Morgan fingerprint density at radius 3 is 2.52 bits per heavy atom. The van der Waals surface area contributed by atoms with E-state index < -0.39 is 5.97 Å². The van der Waals surface area contributed by atoms with Crippen molar-refractivity contribution in [1.82, 2.24) is 4.90 Å². The zero-order valence-corrected chi connectivity index (χ0v) is 15.4. The van der Waals surface area contributed by atoms with Gasteiger partial charge in [-0.3, -0.25) is 9.59 Å². The average molecular weight is 370 g/mol. The number of rotatable bonds is 4. The van der Waals surface area contributed by atoms with Gasteiger partial charge in [0, 0.05) is 24.7 Å². The summed E-state index contributed by atoms with van der Waals surface area (Å²) in [7, 11) is 1.32. The number of furan rings is 1. The zero-order chi connectivity index (χ0) is 19.4. The lowest BCUT2D eigenvalue weighted by atomic mass is 9.95. The lowest BCUT2D eigenvalue weighted by Gasteiger charge is -2.30. The van der Waals surface area contributed by atoms with E-state index in [1.807, 2.05) is 0 Å². The standard InChI is InChI=1S/C20H22N2O5/c1-13-15(20(25)26-2)5-3-6-16(13)21-18(23)14-8-10-22(11-9-14)19(24)17-7-4-12-27-17/h3-7,12,14H,8-11H2,1-2H3,(H,21,23). The molecular weight excluding hydrogens is 348 g/mol. The molecule has 1 aliphatic rings. The van der Waals surface area contributed by atoms with E-state index in [0.29, 0.717) is 48.5 Å². The molecule has 0 atom stereocenters. The van der Waals surface area contributed by atoms with Gasteiger partial charge in [-0.1, -0.05) is 6.07 Å². The molecule has 0 bridgehead atoms. The molecule has 142 valence electrons. The molecule has 0 unspecified atom stereocenters. The number of benzene rings is 1. The Morgan fingerprint density at radius 2 is 1.89 bits per heavy atom. The average Bonchev–Trinajstić information content (AvgIpc) is 3.23. The van der Waals surface area contributed by atoms with Crippen molar-refractivity contribution >= 4 is 23.5 Å². The van der Waals surface area contributed by atoms with Crippen LogP contribution in [-0.2, 0) is 9.53 Å². The van der Waals surface area contributed by atoms with Crippen LogP contribution in [0.15, 0.2) is 41.0 Å². The van der Waals surface area contributed by atoms with E-state index in [1.165, 1.54) is 13.4 Å². The van der Waals surface area contributed by atoms with Gasteiger partial charge in [0.15, 0.2) is 5.76 Å². The van der Waals surface area contributed by atoms with E-state index in [0.717, 1.165) is 0 Å². The molecule has 2 amide bonds. The van der Waals surface area contributed by atoms with E-state index in [4.69, 9.17) is 9.15 Å². The van der Waals surface area contributed by atoms with Crippen LogP contribution in [0.3, 0.4) is 0 Å². The summed E-state index contributed by atoms with van der Waals surface area (Å²) in [5, 5.41) is 2.90. The SMILES string of the molecule is COC(=O)c1cccc(NC(=O)C2CCN(C(=O)c3ccco3)CC2)c1C. The maximum Gasteiger partial charge on any atom is 0.338 e. The number of esters is 1. The van der Waals surface area contributed by atoms with Crippen molar-refractivity contribution in [2.45, 2.75) is 19.8 Å². The molecule has 1 aromatic carbocycles. The number of carbonyl (C=O) groups excluding carboxylic acids is 3. The van der Waals surface area contributed by atoms with Crippen molar-refractivity contribution in [1.29, 1.82) is 0 Å². The van der Waals surface area contributed by atoms with Crippen molar-refractivity contribution in [3.05, 3.63) is 53.5 Å². The highest BCUT2D eigenvalue weighted by Crippen LogP contribution is 2.24. The van der Waals surface area contributed by atoms with Gasteiger partial charge in [-0.2, -0.15) is 0 Å². The third-order valence-electron chi connectivity index (χ3n) is 4.88. The predicted octanol–water partition coefficient (Wildman–Crippen LogP) is 2.87. The van der Waals surface area contributed by atoms with Gasteiger partial charge in [0.2, 0.25) is 5.91 Å². The fraction of sp³-hybridized carbons (Fsp3) is 0.350. The smallest absolute Gasteiger partial charge is 0.338 e. The molecule has 1 N–H and O–H groups in total. The number of nitrogens with one attached hydrogen (secondary N) is 1. The topological polar surface area (TPSA) is 88.9 Å². The van der Waals surface area contributed by atoms with E-state index in [9.17, 15) is 14.4 Å². The second-order valence-electron chi connectivity index (χ2n) is 6.50. The first-order chi connectivity index (χ1) is 13.0. The molecule has 7 nitrogen and oxygen atoms in total. The molecule has 3 rings (SSSR count). The number of hydrogen-bond donors (Lipinski definition) is 1. The molecule has 0 saturated carbocycles. The van der Waals surface area contributed by atoms with Crippen molar-refractivity contribution < 1.29 is 23.5 Å².